The van der Waals surface area contributed by atoms with Gasteiger partial charge >= 0.3 is 0 Å². The van der Waals surface area contributed by atoms with E-state index in [-0.39, 0.29) is 11.7 Å². The monoisotopic (exact) mass is 494 g/mol. The van der Waals surface area contributed by atoms with Crippen LogP contribution in [0, 0.1) is 0 Å². The lowest BCUT2D eigenvalue weighted by Gasteiger charge is -2.09. The number of anilines is 1. The Morgan fingerprint density at radius 2 is 2.00 bits per heavy atom. The van der Waals surface area contributed by atoms with Crippen LogP contribution < -0.4 is 14.8 Å². The van der Waals surface area contributed by atoms with Gasteiger partial charge < -0.3 is 14.8 Å². The van der Waals surface area contributed by atoms with Gasteiger partial charge in [0, 0.05) is 41.0 Å². The molecule has 0 aliphatic heterocycles. The van der Waals surface area contributed by atoms with Gasteiger partial charge in [0.1, 0.15) is 11.5 Å². The third kappa shape index (κ3) is 4.75. The maximum atomic E-state index is 12.6. The molecule has 0 spiro atoms. The van der Waals surface area contributed by atoms with Gasteiger partial charge in [-0.25, -0.2) is 4.98 Å². The average molecular weight is 495 g/mol. The number of methoxy groups -OCH3 is 2. The lowest BCUT2D eigenvalue weighted by molar-refractivity contribution is -0.113. The highest BCUT2D eigenvalue weighted by Crippen LogP contribution is 2.41. The lowest BCUT2D eigenvalue weighted by Crippen LogP contribution is -2.14. The molecule has 3 heterocycles. The van der Waals surface area contributed by atoms with E-state index in [0.29, 0.717) is 22.7 Å². The van der Waals surface area contributed by atoms with E-state index in [1.807, 2.05) is 29.6 Å². The normalized spacial score (nSPS) is 13.0. The van der Waals surface area contributed by atoms with Crippen molar-refractivity contribution in [3.8, 4) is 34.1 Å². The molecule has 1 N–H and O–H groups in total. The number of amides is 1. The molecule has 1 aliphatic carbocycles. The Balaban J connectivity index is 1.25. The Morgan fingerprint density at radius 3 is 2.74 bits per heavy atom. The van der Waals surface area contributed by atoms with Crippen LogP contribution in [0.2, 0.25) is 0 Å². The van der Waals surface area contributed by atoms with E-state index in [1.165, 1.54) is 23.1 Å². The zero-order chi connectivity index (χ0) is 23.5. The van der Waals surface area contributed by atoms with Gasteiger partial charge in [0.2, 0.25) is 5.91 Å². The third-order valence-corrected chi connectivity index (χ3v) is 6.98. The molecule has 0 bridgehead atoms. The molecule has 1 saturated carbocycles. The summed E-state index contributed by atoms with van der Waals surface area (Å²) in [6, 6.07) is 9.76. The fourth-order valence-electron chi connectivity index (χ4n) is 3.49. The highest BCUT2D eigenvalue weighted by Gasteiger charge is 2.30. The third-order valence-electron chi connectivity index (χ3n) is 5.28. The number of nitrogens with zero attached hydrogens (tertiary/aromatic N) is 5. The Hall–Kier alpha value is -3.44. The number of ether oxygens (including phenoxy) is 2. The van der Waals surface area contributed by atoms with Crippen LogP contribution in [-0.4, -0.2) is 50.6 Å². The highest BCUT2D eigenvalue weighted by atomic mass is 32.2. The van der Waals surface area contributed by atoms with Crippen LogP contribution in [0.4, 0.5) is 5.13 Å². The fraction of sp³-hybridized carbons (Fsp3) is 0.261. The Kier molecular flexibility index (Phi) is 6.45. The lowest BCUT2D eigenvalue weighted by atomic mass is 10.1. The summed E-state index contributed by atoms with van der Waals surface area (Å²) >= 11 is 2.74. The molecule has 1 aromatic carbocycles. The molecule has 0 saturated heterocycles. The number of thiazole rings is 1. The van der Waals surface area contributed by atoms with Crippen molar-refractivity contribution in [2.45, 2.75) is 24.0 Å². The molecule has 1 fully saturated rings. The van der Waals surface area contributed by atoms with Crippen molar-refractivity contribution in [3.63, 3.8) is 0 Å². The van der Waals surface area contributed by atoms with Crippen molar-refractivity contribution in [3.05, 3.63) is 48.1 Å². The van der Waals surface area contributed by atoms with Gasteiger partial charge in [0.05, 0.1) is 25.7 Å². The molecule has 0 atom stereocenters. The summed E-state index contributed by atoms with van der Waals surface area (Å²) in [7, 11) is 3.21. The number of carbonyl (C=O) groups is 1. The number of nitrogens with one attached hydrogen (secondary N) is 1. The van der Waals surface area contributed by atoms with Crippen molar-refractivity contribution in [2.24, 2.45) is 0 Å². The highest BCUT2D eigenvalue weighted by molar-refractivity contribution is 7.99. The van der Waals surface area contributed by atoms with Gasteiger partial charge in [-0.1, -0.05) is 11.8 Å². The summed E-state index contributed by atoms with van der Waals surface area (Å²) in [5, 5.41) is 14.8. The van der Waals surface area contributed by atoms with Crippen LogP contribution in [-0.2, 0) is 4.79 Å². The minimum absolute atomic E-state index is 0.150. The zero-order valence-electron chi connectivity index (χ0n) is 18.6. The van der Waals surface area contributed by atoms with Crippen LogP contribution in [0.15, 0.2) is 53.3 Å². The zero-order valence-corrected chi connectivity index (χ0v) is 20.2. The van der Waals surface area contributed by atoms with Gasteiger partial charge in [-0.3, -0.25) is 14.3 Å². The summed E-state index contributed by atoms with van der Waals surface area (Å²) < 4.78 is 12.8. The maximum Gasteiger partial charge on any atom is 0.236 e. The second-order valence-corrected chi connectivity index (χ2v) is 9.38. The summed E-state index contributed by atoms with van der Waals surface area (Å²) in [6.45, 7) is 0. The smallest absolute Gasteiger partial charge is 0.236 e. The molecule has 4 aromatic rings. The van der Waals surface area contributed by atoms with E-state index in [1.54, 1.807) is 32.7 Å². The van der Waals surface area contributed by atoms with E-state index in [0.717, 1.165) is 40.6 Å². The van der Waals surface area contributed by atoms with Crippen molar-refractivity contribution >= 4 is 34.1 Å². The Morgan fingerprint density at radius 1 is 1.18 bits per heavy atom. The quantitative estimate of drug-likeness (QED) is 0.338. The van der Waals surface area contributed by atoms with Gasteiger partial charge in [-0.2, -0.15) is 0 Å². The van der Waals surface area contributed by atoms with Crippen molar-refractivity contribution in [1.29, 1.82) is 0 Å². The topological polar surface area (TPSA) is 104 Å². The number of benzene rings is 1. The van der Waals surface area contributed by atoms with Crippen molar-refractivity contribution in [1.82, 2.24) is 24.7 Å². The predicted molar refractivity (Wildman–Crippen MR) is 132 cm³/mol. The Labute approximate surface area is 204 Å². The summed E-state index contributed by atoms with van der Waals surface area (Å²) in [5.41, 5.74) is 2.52. The van der Waals surface area contributed by atoms with Gasteiger partial charge in [-0.15, -0.1) is 21.5 Å². The second-order valence-electron chi connectivity index (χ2n) is 7.58. The molecular weight excluding hydrogens is 472 g/mol. The van der Waals surface area contributed by atoms with Gasteiger partial charge in [-0.05, 0) is 37.1 Å². The molecule has 0 unspecified atom stereocenters. The minimum atomic E-state index is -0.150. The molecule has 1 amide bonds. The van der Waals surface area contributed by atoms with Crippen molar-refractivity contribution in [2.75, 3.05) is 25.3 Å². The largest absolute Gasteiger partial charge is 0.497 e. The van der Waals surface area contributed by atoms with E-state index in [9.17, 15) is 4.79 Å². The van der Waals surface area contributed by atoms with Crippen LogP contribution in [0.5, 0.6) is 11.5 Å². The van der Waals surface area contributed by atoms with Crippen LogP contribution in [0.3, 0.4) is 0 Å². The molecule has 5 rings (SSSR count). The molecule has 11 heteroatoms. The van der Waals surface area contributed by atoms with E-state index >= 15 is 0 Å². The molecule has 174 valence electrons. The standard InChI is InChI=1S/C23H22N6O3S2/c1-31-16-5-6-17(19(11-16)32-2)18-12-33-22(25-18)26-20(30)13-34-23-28-27-21(29(23)15-3-4-15)14-7-9-24-10-8-14/h5-12,15H,3-4,13H2,1-2H3,(H,25,26,30). The van der Waals surface area contributed by atoms with Gasteiger partial charge in [0.15, 0.2) is 16.1 Å². The second kappa shape index (κ2) is 9.82. The molecule has 0 radical (unpaired) electrons. The van der Waals surface area contributed by atoms with E-state index < -0.39 is 0 Å². The number of rotatable bonds is 9. The molecule has 34 heavy (non-hydrogen) atoms. The first kappa shape index (κ1) is 22.4. The molecular formula is C23H22N6O3S2. The number of aromatic nitrogens is 5. The maximum absolute atomic E-state index is 12.6. The first-order chi connectivity index (χ1) is 16.7. The van der Waals surface area contributed by atoms with Gasteiger partial charge in [0.25, 0.3) is 0 Å². The average Bonchev–Trinajstić information content (AvgIpc) is 3.46. The molecule has 1 aliphatic rings. The van der Waals surface area contributed by atoms with Crippen LogP contribution in [0.1, 0.15) is 18.9 Å². The number of carbonyl (C=O) groups excluding carboxylic acids is 1. The van der Waals surface area contributed by atoms with Crippen molar-refractivity contribution < 1.29 is 14.3 Å². The summed E-state index contributed by atoms with van der Waals surface area (Å²) in [4.78, 5) is 21.3. The molecule has 9 nitrogen and oxygen atoms in total. The van der Waals surface area contributed by atoms with E-state index in [2.05, 4.69) is 30.0 Å². The number of hydrogen-bond donors (Lipinski definition) is 1. The van der Waals surface area contributed by atoms with Crippen LogP contribution >= 0.6 is 23.1 Å². The first-order valence-electron chi connectivity index (χ1n) is 10.6. The first-order valence-corrected chi connectivity index (χ1v) is 12.5. The number of hydrogen-bond acceptors (Lipinski definition) is 9. The van der Waals surface area contributed by atoms with E-state index in [4.69, 9.17) is 9.47 Å². The summed E-state index contributed by atoms with van der Waals surface area (Å²) in [6.07, 6.45) is 5.66. The Bertz CT molecular complexity index is 1300. The number of thioether (sulfide) groups is 1. The van der Waals surface area contributed by atoms with Crippen LogP contribution in [0.25, 0.3) is 22.6 Å². The number of pyridine rings is 1. The molecule has 3 aromatic heterocycles. The predicted octanol–water partition coefficient (Wildman–Crippen LogP) is 4.55. The minimum Gasteiger partial charge on any atom is -0.497 e. The fourth-order valence-corrected chi connectivity index (χ4v) is 5.02. The summed E-state index contributed by atoms with van der Waals surface area (Å²) in [5.74, 6) is 2.23. The SMILES string of the molecule is COc1ccc(-c2csc(NC(=O)CSc3nnc(-c4ccncc4)n3C3CC3)n2)c(OC)c1.